The highest BCUT2D eigenvalue weighted by molar-refractivity contribution is 5.69. The molecule has 0 unspecified atom stereocenters. The third kappa shape index (κ3) is 1.39. The van der Waals surface area contributed by atoms with E-state index in [1.54, 1.807) is 12.4 Å². The Bertz CT molecular complexity index is 522. The molecule has 0 bridgehead atoms. The largest absolute Gasteiger partial charge is 0.492 e. The second kappa shape index (κ2) is 3.48. The summed E-state index contributed by atoms with van der Waals surface area (Å²) in [4.78, 5) is 8.30. The number of benzene rings is 1. The van der Waals surface area contributed by atoms with Crippen molar-refractivity contribution in [3.63, 3.8) is 0 Å². The molecule has 0 saturated carbocycles. The van der Waals surface area contributed by atoms with Crippen molar-refractivity contribution in [1.29, 1.82) is 0 Å². The molecule has 1 aliphatic heterocycles. The van der Waals surface area contributed by atoms with Crippen molar-refractivity contribution in [1.82, 2.24) is 9.97 Å². The van der Waals surface area contributed by atoms with Gasteiger partial charge >= 0.3 is 0 Å². The Balaban J connectivity index is 2.13. The van der Waals surface area contributed by atoms with Gasteiger partial charge in [-0.2, -0.15) is 0 Å². The average molecular weight is 213 g/mol. The van der Waals surface area contributed by atoms with Gasteiger partial charge in [0.2, 0.25) is 0 Å². The van der Waals surface area contributed by atoms with Gasteiger partial charge in [0.1, 0.15) is 11.6 Å². The van der Waals surface area contributed by atoms with Crippen LogP contribution in [0.3, 0.4) is 0 Å². The van der Waals surface area contributed by atoms with Gasteiger partial charge in [0.15, 0.2) is 0 Å². The lowest BCUT2D eigenvalue weighted by atomic mass is 10.1. The summed E-state index contributed by atoms with van der Waals surface area (Å²) < 4.78 is 5.62. The van der Waals surface area contributed by atoms with Crippen molar-refractivity contribution in [2.45, 2.75) is 6.42 Å². The van der Waals surface area contributed by atoms with E-state index in [-0.39, 0.29) is 0 Å². The SMILES string of the molecule is Nc1cnc(-c2cccc3c2OCC3)cn1. The van der Waals surface area contributed by atoms with Crippen LogP contribution in [0.15, 0.2) is 30.6 Å². The second-order valence-electron chi connectivity index (χ2n) is 3.72. The Morgan fingerprint density at radius 3 is 2.94 bits per heavy atom. The first-order valence-electron chi connectivity index (χ1n) is 5.17. The van der Waals surface area contributed by atoms with E-state index in [4.69, 9.17) is 10.5 Å². The average Bonchev–Trinajstić information content (AvgIpc) is 2.78. The van der Waals surface area contributed by atoms with Gasteiger partial charge in [0.25, 0.3) is 0 Å². The maximum Gasteiger partial charge on any atom is 0.141 e. The molecule has 1 aromatic heterocycles. The highest BCUT2D eigenvalue weighted by Crippen LogP contribution is 2.35. The molecule has 0 radical (unpaired) electrons. The van der Waals surface area contributed by atoms with Crippen molar-refractivity contribution >= 4 is 5.82 Å². The molecular weight excluding hydrogens is 202 g/mol. The van der Waals surface area contributed by atoms with Crippen LogP contribution in [-0.4, -0.2) is 16.6 Å². The van der Waals surface area contributed by atoms with Gasteiger partial charge in [-0.1, -0.05) is 12.1 Å². The van der Waals surface area contributed by atoms with E-state index in [1.807, 2.05) is 12.1 Å². The highest BCUT2D eigenvalue weighted by atomic mass is 16.5. The number of nitrogens with zero attached hydrogens (tertiary/aromatic N) is 2. The maximum absolute atomic E-state index is 5.62. The smallest absolute Gasteiger partial charge is 0.141 e. The molecule has 1 aromatic carbocycles. The number of para-hydroxylation sites is 1. The fourth-order valence-corrected chi connectivity index (χ4v) is 1.89. The number of fused-ring (bicyclic) bond motifs is 1. The topological polar surface area (TPSA) is 61.0 Å². The number of anilines is 1. The molecule has 2 aromatic rings. The summed E-state index contributed by atoms with van der Waals surface area (Å²) in [5.41, 5.74) is 8.53. The molecule has 2 heterocycles. The molecule has 1 aliphatic rings. The van der Waals surface area contributed by atoms with Crippen LogP contribution < -0.4 is 10.5 Å². The van der Waals surface area contributed by atoms with Crippen LogP contribution in [0.25, 0.3) is 11.3 Å². The van der Waals surface area contributed by atoms with Gasteiger partial charge in [-0.25, -0.2) is 4.98 Å². The summed E-state index contributed by atoms with van der Waals surface area (Å²) in [6.45, 7) is 0.745. The number of aromatic nitrogens is 2. The van der Waals surface area contributed by atoms with E-state index >= 15 is 0 Å². The highest BCUT2D eigenvalue weighted by Gasteiger charge is 2.17. The number of ether oxygens (including phenoxy) is 1. The van der Waals surface area contributed by atoms with Crippen LogP contribution in [0.5, 0.6) is 5.75 Å². The van der Waals surface area contributed by atoms with Gasteiger partial charge in [-0.15, -0.1) is 0 Å². The van der Waals surface area contributed by atoms with E-state index in [0.717, 1.165) is 30.0 Å². The zero-order valence-corrected chi connectivity index (χ0v) is 8.68. The predicted molar refractivity (Wildman–Crippen MR) is 61.1 cm³/mol. The lowest BCUT2D eigenvalue weighted by Gasteiger charge is -2.06. The fraction of sp³-hybridized carbons (Fsp3) is 0.167. The van der Waals surface area contributed by atoms with Crippen LogP contribution >= 0.6 is 0 Å². The van der Waals surface area contributed by atoms with Crippen LogP contribution in [0.4, 0.5) is 5.82 Å². The summed E-state index contributed by atoms with van der Waals surface area (Å²) in [6.07, 6.45) is 4.20. The molecule has 0 saturated heterocycles. The van der Waals surface area contributed by atoms with E-state index in [9.17, 15) is 0 Å². The van der Waals surface area contributed by atoms with E-state index in [1.165, 1.54) is 5.56 Å². The summed E-state index contributed by atoms with van der Waals surface area (Å²) >= 11 is 0. The molecule has 0 atom stereocenters. The number of rotatable bonds is 1. The number of hydrogen-bond acceptors (Lipinski definition) is 4. The second-order valence-corrected chi connectivity index (χ2v) is 3.72. The van der Waals surface area contributed by atoms with Crippen LogP contribution in [-0.2, 0) is 6.42 Å². The molecule has 2 N–H and O–H groups in total. The first kappa shape index (κ1) is 9.15. The number of hydrogen-bond donors (Lipinski definition) is 1. The van der Waals surface area contributed by atoms with Gasteiger partial charge in [-0.05, 0) is 11.6 Å². The van der Waals surface area contributed by atoms with Crippen molar-refractivity contribution in [3.8, 4) is 17.0 Å². The first-order valence-corrected chi connectivity index (χ1v) is 5.17. The van der Waals surface area contributed by atoms with Crippen LogP contribution in [0.1, 0.15) is 5.56 Å². The quantitative estimate of drug-likeness (QED) is 0.782. The van der Waals surface area contributed by atoms with Gasteiger partial charge < -0.3 is 10.5 Å². The molecule has 0 amide bonds. The zero-order chi connectivity index (χ0) is 11.0. The maximum atomic E-state index is 5.62. The Labute approximate surface area is 93.1 Å². The van der Waals surface area contributed by atoms with E-state index in [2.05, 4.69) is 16.0 Å². The molecule has 3 rings (SSSR count). The Morgan fingerprint density at radius 1 is 1.19 bits per heavy atom. The van der Waals surface area contributed by atoms with Crippen molar-refractivity contribution < 1.29 is 4.74 Å². The fourth-order valence-electron chi connectivity index (χ4n) is 1.89. The predicted octanol–water partition coefficient (Wildman–Crippen LogP) is 1.66. The third-order valence-electron chi connectivity index (χ3n) is 2.66. The standard InChI is InChI=1S/C12H11N3O/c13-11-7-14-10(6-15-11)9-3-1-2-8-4-5-16-12(8)9/h1-3,6-7H,4-5H2,(H2,13,15). The lowest BCUT2D eigenvalue weighted by Crippen LogP contribution is -1.94. The van der Waals surface area contributed by atoms with Crippen molar-refractivity contribution in [2.75, 3.05) is 12.3 Å². The Morgan fingerprint density at radius 2 is 2.12 bits per heavy atom. The van der Waals surface area contributed by atoms with E-state index in [0.29, 0.717) is 5.82 Å². The molecule has 0 fully saturated rings. The lowest BCUT2D eigenvalue weighted by molar-refractivity contribution is 0.358. The van der Waals surface area contributed by atoms with Gasteiger partial charge in [0, 0.05) is 12.0 Å². The van der Waals surface area contributed by atoms with Crippen LogP contribution in [0, 0.1) is 0 Å². The third-order valence-corrected chi connectivity index (χ3v) is 2.66. The molecule has 4 nitrogen and oxygen atoms in total. The molecule has 0 spiro atoms. The van der Waals surface area contributed by atoms with Crippen LogP contribution in [0.2, 0.25) is 0 Å². The summed E-state index contributed by atoms with van der Waals surface area (Å²) in [6, 6.07) is 6.09. The summed E-state index contributed by atoms with van der Waals surface area (Å²) in [5.74, 6) is 1.36. The molecule has 16 heavy (non-hydrogen) atoms. The molecule has 80 valence electrons. The van der Waals surface area contributed by atoms with Gasteiger partial charge in [-0.3, -0.25) is 4.98 Å². The van der Waals surface area contributed by atoms with Crippen molar-refractivity contribution in [3.05, 3.63) is 36.2 Å². The summed E-state index contributed by atoms with van der Waals surface area (Å²) in [7, 11) is 0. The number of nitrogen functional groups attached to an aromatic ring is 1. The zero-order valence-electron chi connectivity index (χ0n) is 8.68. The monoisotopic (exact) mass is 213 g/mol. The Hall–Kier alpha value is -2.10. The minimum Gasteiger partial charge on any atom is -0.492 e. The first-order chi connectivity index (χ1) is 7.84. The van der Waals surface area contributed by atoms with Crippen molar-refractivity contribution in [2.24, 2.45) is 0 Å². The molecular formula is C12H11N3O. The molecule has 4 heteroatoms. The Kier molecular flexibility index (Phi) is 1.99. The summed E-state index contributed by atoms with van der Waals surface area (Å²) in [5, 5.41) is 0. The minimum absolute atomic E-state index is 0.428. The number of nitrogens with two attached hydrogens (primary N) is 1. The van der Waals surface area contributed by atoms with Gasteiger partial charge in [0.05, 0.1) is 24.7 Å². The normalized spacial score (nSPS) is 13.2. The minimum atomic E-state index is 0.428. The molecule has 0 aliphatic carbocycles. The van der Waals surface area contributed by atoms with E-state index < -0.39 is 0 Å².